The van der Waals surface area contributed by atoms with Gasteiger partial charge >= 0.3 is 0 Å². The van der Waals surface area contributed by atoms with Gasteiger partial charge < -0.3 is 0 Å². The van der Waals surface area contributed by atoms with Crippen LogP contribution in [-0.4, -0.2) is 4.98 Å². The van der Waals surface area contributed by atoms with Crippen molar-refractivity contribution < 1.29 is 0 Å². The lowest BCUT2D eigenvalue weighted by Gasteiger charge is -2.17. The van der Waals surface area contributed by atoms with E-state index >= 15 is 0 Å². The minimum absolute atomic E-state index is 1.10. The van der Waals surface area contributed by atoms with Gasteiger partial charge in [0.05, 0.1) is 5.52 Å². The zero-order chi connectivity index (χ0) is 18.2. The number of hydrogen-bond acceptors (Lipinski definition) is 1. The summed E-state index contributed by atoms with van der Waals surface area (Å²) in [6, 6.07) is 30.9. The Labute approximate surface area is 161 Å². The van der Waals surface area contributed by atoms with Crippen LogP contribution in [0.1, 0.15) is 0 Å². The summed E-state index contributed by atoms with van der Waals surface area (Å²) in [6.07, 6.45) is 1.96. The second-order valence-corrected chi connectivity index (χ2v) is 7.60. The van der Waals surface area contributed by atoms with E-state index in [2.05, 4.69) is 84.9 Å². The van der Waals surface area contributed by atoms with Crippen LogP contribution in [0.15, 0.2) is 91.1 Å². The van der Waals surface area contributed by atoms with E-state index in [-0.39, 0.29) is 0 Å². The Balaban J connectivity index is 1.92. The van der Waals surface area contributed by atoms with Crippen LogP contribution in [0.4, 0.5) is 0 Å². The van der Waals surface area contributed by atoms with Gasteiger partial charge in [-0.2, -0.15) is 0 Å². The molecule has 0 unspecified atom stereocenters. The van der Waals surface area contributed by atoms with Crippen molar-refractivity contribution in [2.24, 2.45) is 0 Å². The van der Waals surface area contributed by atoms with Crippen molar-refractivity contribution in [3.8, 4) is 0 Å². The van der Waals surface area contributed by atoms with E-state index in [9.17, 15) is 0 Å². The van der Waals surface area contributed by atoms with Crippen LogP contribution in [-0.2, 0) is 0 Å². The van der Waals surface area contributed by atoms with Crippen molar-refractivity contribution in [1.29, 1.82) is 0 Å². The maximum atomic E-state index is 4.88. The fourth-order valence-electron chi connectivity index (χ4n) is 5.03. The highest BCUT2D eigenvalue weighted by Crippen LogP contribution is 2.44. The zero-order valence-electron chi connectivity index (χ0n) is 15.1. The van der Waals surface area contributed by atoms with Crippen LogP contribution in [0.25, 0.3) is 64.8 Å². The molecule has 0 atom stereocenters. The Bertz CT molecular complexity index is 1580. The quantitative estimate of drug-likeness (QED) is 0.204. The molecule has 7 aromatic rings. The number of benzene rings is 6. The van der Waals surface area contributed by atoms with E-state index in [0.29, 0.717) is 0 Å². The van der Waals surface area contributed by atoms with E-state index in [4.69, 9.17) is 4.98 Å². The molecular weight excluding hydrogens is 338 g/mol. The Morgan fingerprint density at radius 2 is 1.00 bits per heavy atom. The molecule has 1 aromatic heterocycles. The van der Waals surface area contributed by atoms with Gasteiger partial charge in [-0.1, -0.05) is 66.7 Å². The van der Waals surface area contributed by atoms with Crippen LogP contribution in [0.3, 0.4) is 0 Å². The van der Waals surface area contributed by atoms with Crippen molar-refractivity contribution in [1.82, 2.24) is 4.98 Å². The number of aromatic nitrogens is 1. The molecule has 28 heavy (non-hydrogen) atoms. The Hall–Kier alpha value is -3.71. The third kappa shape index (κ3) is 1.65. The smallest absolute Gasteiger partial charge is 0.0793 e. The normalized spacial score (nSPS) is 12.3. The van der Waals surface area contributed by atoms with Gasteiger partial charge in [-0.3, -0.25) is 4.98 Å². The van der Waals surface area contributed by atoms with E-state index in [1.807, 2.05) is 6.20 Å². The first kappa shape index (κ1) is 14.4. The summed E-state index contributed by atoms with van der Waals surface area (Å²) in [5.41, 5.74) is 1.10. The molecule has 7 rings (SSSR count). The third-order valence-corrected chi connectivity index (χ3v) is 6.20. The summed E-state index contributed by atoms with van der Waals surface area (Å²) in [7, 11) is 0. The van der Waals surface area contributed by atoms with Crippen molar-refractivity contribution in [2.75, 3.05) is 0 Å². The van der Waals surface area contributed by atoms with Gasteiger partial charge in [-0.05, 0) is 61.3 Å². The second-order valence-electron chi connectivity index (χ2n) is 7.60. The summed E-state index contributed by atoms with van der Waals surface area (Å²) < 4.78 is 0. The van der Waals surface area contributed by atoms with Gasteiger partial charge in [-0.15, -0.1) is 0 Å². The molecule has 0 saturated heterocycles. The molecule has 128 valence electrons. The molecule has 0 aliphatic rings. The standard InChI is InChI=1S/C27H15N/c1-2-7-17-15-24-23(14-16(17)6-1)21-11-5-10-20-18-8-3-4-9-19(18)22-12-13-28-27(24)26(22)25(20)21/h1-15H. The van der Waals surface area contributed by atoms with E-state index in [0.717, 1.165) is 5.52 Å². The Morgan fingerprint density at radius 3 is 1.75 bits per heavy atom. The third-order valence-electron chi connectivity index (χ3n) is 6.20. The van der Waals surface area contributed by atoms with Crippen LogP contribution < -0.4 is 0 Å². The highest BCUT2D eigenvalue weighted by Gasteiger charge is 2.17. The molecule has 0 fully saturated rings. The monoisotopic (exact) mass is 353 g/mol. The first-order valence-electron chi connectivity index (χ1n) is 9.66. The first-order chi connectivity index (χ1) is 13.9. The number of nitrogens with zero attached hydrogens (tertiary/aromatic N) is 1. The molecular formula is C27H15N. The minimum Gasteiger partial charge on any atom is -0.256 e. The van der Waals surface area contributed by atoms with Crippen LogP contribution in [0.2, 0.25) is 0 Å². The largest absolute Gasteiger partial charge is 0.256 e. The summed E-state index contributed by atoms with van der Waals surface area (Å²) >= 11 is 0. The topological polar surface area (TPSA) is 12.9 Å². The maximum absolute atomic E-state index is 4.88. The van der Waals surface area contributed by atoms with Crippen LogP contribution in [0, 0.1) is 0 Å². The summed E-state index contributed by atoms with van der Waals surface area (Å²) in [5.74, 6) is 0. The molecule has 0 amide bonds. The van der Waals surface area contributed by atoms with Gasteiger partial charge in [0.15, 0.2) is 0 Å². The van der Waals surface area contributed by atoms with Gasteiger partial charge in [0.25, 0.3) is 0 Å². The molecule has 0 aliphatic carbocycles. The van der Waals surface area contributed by atoms with Gasteiger partial charge in [0, 0.05) is 22.4 Å². The van der Waals surface area contributed by atoms with Crippen LogP contribution in [0.5, 0.6) is 0 Å². The molecule has 0 spiro atoms. The highest BCUT2D eigenvalue weighted by molar-refractivity contribution is 6.39. The van der Waals surface area contributed by atoms with Gasteiger partial charge in [0.2, 0.25) is 0 Å². The maximum Gasteiger partial charge on any atom is 0.0793 e. The molecule has 0 bridgehead atoms. The molecule has 1 heteroatoms. The Morgan fingerprint density at radius 1 is 0.429 bits per heavy atom. The summed E-state index contributed by atoms with van der Waals surface area (Å²) in [5, 5.41) is 14.2. The lowest BCUT2D eigenvalue weighted by atomic mass is 9.87. The van der Waals surface area contributed by atoms with E-state index < -0.39 is 0 Å². The number of hydrogen-bond donors (Lipinski definition) is 0. The SMILES string of the molecule is c1ccc2cc3c(cc2c1)c1cccc2c4ccccc4c4ccnc3c4c21. The molecule has 6 aromatic carbocycles. The predicted octanol–water partition coefficient (Wildman–Crippen LogP) is 7.44. The molecule has 1 nitrogen and oxygen atoms in total. The molecule has 0 radical (unpaired) electrons. The van der Waals surface area contributed by atoms with E-state index in [1.54, 1.807) is 0 Å². The summed E-state index contributed by atoms with van der Waals surface area (Å²) in [6.45, 7) is 0. The molecule has 0 N–H and O–H groups in total. The molecule has 0 saturated carbocycles. The van der Waals surface area contributed by atoms with Crippen LogP contribution >= 0.6 is 0 Å². The van der Waals surface area contributed by atoms with Crippen molar-refractivity contribution in [3.05, 3.63) is 91.1 Å². The lowest BCUT2D eigenvalue weighted by Crippen LogP contribution is -1.91. The van der Waals surface area contributed by atoms with E-state index in [1.165, 1.54) is 59.2 Å². The van der Waals surface area contributed by atoms with Gasteiger partial charge in [0.1, 0.15) is 0 Å². The number of rotatable bonds is 0. The van der Waals surface area contributed by atoms with Crippen molar-refractivity contribution >= 4 is 64.8 Å². The second kappa shape index (κ2) is 4.96. The fourth-order valence-corrected chi connectivity index (χ4v) is 5.03. The van der Waals surface area contributed by atoms with Crippen molar-refractivity contribution in [2.45, 2.75) is 0 Å². The molecule has 1 heterocycles. The average Bonchev–Trinajstić information content (AvgIpc) is 2.77. The Kier molecular flexibility index (Phi) is 2.54. The fraction of sp³-hybridized carbons (Fsp3) is 0. The minimum atomic E-state index is 1.10. The molecule has 0 aliphatic heterocycles. The lowest BCUT2D eigenvalue weighted by molar-refractivity contribution is 1.45. The number of pyridine rings is 1. The highest BCUT2D eigenvalue weighted by atomic mass is 14.7. The first-order valence-corrected chi connectivity index (χ1v) is 9.66. The van der Waals surface area contributed by atoms with Crippen molar-refractivity contribution in [3.63, 3.8) is 0 Å². The predicted molar refractivity (Wildman–Crippen MR) is 120 cm³/mol. The summed E-state index contributed by atoms with van der Waals surface area (Å²) in [4.78, 5) is 4.88. The average molecular weight is 353 g/mol. The number of fused-ring (bicyclic) bond motifs is 7. The van der Waals surface area contributed by atoms with Gasteiger partial charge in [-0.25, -0.2) is 0 Å². The zero-order valence-corrected chi connectivity index (χ0v) is 15.1.